The van der Waals surface area contributed by atoms with Gasteiger partial charge in [0.1, 0.15) is 6.04 Å². The van der Waals surface area contributed by atoms with Gasteiger partial charge in [-0.3, -0.25) is 24.1 Å². The van der Waals surface area contributed by atoms with E-state index in [-0.39, 0.29) is 29.1 Å². The lowest BCUT2D eigenvalue weighted by atomic mass is 10.1. The summed E-state index contributed by atoms with van der Waals surface area (Å²) in [6.07, 6.45) is 3.41. The van der Waals surface area contributed by atoms with E-state index >= 15 is 0 Å². The van der Waals surface area contributed by atoms with Crippen LogP contribution in [0.25, 0.3) is 0 Å². The van der Waals surface area contributed by atoms with Crippen LogP contribution < -0.4 is 0 Å². The third-order valence-electron chi connectivity index (χ3n) is 3.58. The number of carbonyl (C=O) groups excluding carboxylic acids is 4. The van der Waals surface area contributed by atoms with Crippen molar-refractivity contribution in [1.82, 2.24) is 4.90 Å². The molecule has 0 fully saturated rings. The van der Waals surface area contributed by atoms with E-state index in [1.54, 1.807) is 12.1 Å². The van der Waals surface area contributed by atoms with Crippen LogP contribution in [0.1, 0.15) is 27.1 Å². The zero-order valence-corrected chi connectivity index (χ0v) is 16.0. The second kappa shape index (κ2) is 7.06. The van der Waals surface area contributed by atoms with Gasteiger partial charge in [0.2, 0.25) is 0 Å². The van der Waals surface area contributed by atoms with Crippen molar-refractivity contribution in [2.45, 2.75) is 12.5 Å². The van der Waals surface area contributed by atoms with E-state index in [0.717, 1.165) is 4.90 Å². The summed E-state index contributed by atoms with van der Waals surface area (Å²) in [6, 6.07) is 5.21. The Bertz CT molecular complexity index is 678. The summed E-state index contributed by atoms with van der Waals surface area (Å²) >= 11 is 3.46. The molecule has 1 heterocycles. The molecule has 1 aliphatic heterocycles. The second-order valence-electron chi connectivity index (χ2n) is 5.84. The predicted molar refractivity (Wildman–Crippen MR) is 95.6 cm³/mol. The van der Waals surface area contributed by atoms with Crippen LogP contribution in [0.4, 0.5) is 0 Å². The number of hydrogen-bond donors (Lipinski definition) is 0. The maximum Gasteiger partial charge on any atom is 0.308 e. The minimum absolute atomic E-state index is 0.141. The van der Waals surface area contributed by atoms with Crippen molar-refractivity contribution in [1.29, 1.82) is 0 Å². The molecule has 1 aromatic rings. The predicted octanol–water partition coefficient (Wildman–Crippen LogP) is 2.16. The lowest BCUT2D eigenvalue weighted by molar-refractivity contribution is -0.143. The smallest absolute Gasteiger partial charge is 0.308 e. The molecule has 24 heavy (non-hydrogen) atoms. The molecule has 0 saturated heterocycles. The Morgan fingerprint density at radius 3 is 2.08 bits per heavy atom. The fourth-order valence-electron chi connectivity index (χ4n) is 2.52. The van der Waals surface area contributed by atoms with Gasteiger partial charge in [0, 0.05) is 5.75 Å². The topological polar surface area (TPSA) is 80.8 Å². The number of benzene rings is 1. The molecule has 0 N–H and O–H groups in total. The fraction of sp³-hybridized carbons (Fsp3) is 0.375. The monoisotopic (exact) mass is 415 g/mol. The van der Waals surface area contributed by atoms with Gasteiger partial charge in [-0.15, -0.1) is 0 Å². The van der Waals surface area contributed by atoms with E-state index in [9.17, 15) is 19.2 Å². The van der Waals surface area contributed by atoms with Crippen LogP contribution in [-0.2, 0) is 14.3 Å². The van der Waals surface area contributed by atoms with Crippen LogP contribution in [0.5, 0.6) is 0 Å². The molecule has 0 saturated carbocycles. The van der Waals surface area contributed by atoms with Crippen molar-refractivity contribution in [2.75, 3.05) is 25.4 Å². The van der Waals surface area contributed by atoms with Gasteiger partial charge in [0.05, 0.1) is 24.7 Å². The van der Waals surface area contributed by atoms with Crippen molar-refractivity contribution in [3.8, 4) is 0 Å². The maximum atomic E-state index is 12.7. The van der Waals surface area contributed by atoms with Crippen LogP contribution in [0.2, 0.25) is 0 Å². The second-order valence-corrected chi connectivity index (χ2v) is 14.2. The number of ketones is 1. The van der Waals surface area contributed by atoms with Crippen LogP contribution in [0.3, 0.4) is 0 Å². The summed E-state index contributed by atoms with van der Waals surface area (Å²) in [5, 5.41) is 0. The summed E-state index contributed by atoms with van der Waals surface area (Å²) in [5.41, 5.74) is 0.492. The van der Waals surface area contributed by atoms with E-state index < -0.39 is 32.3 Å². The zero-order chi connectivity index (χ0) is 18.1. The molecule has 1 unspecified atom stereocenters. The number of esters is 1. The van der Waals surface area contributed by atoms with Crippen molar-refractivity contribution in [3.63, 3.8) is 0 Å². The summed E-state index contributed by atoms with van der Waals surface area (Å²) in [5.74, 6) is -1.96. The molecule has 0 aliphatic carbocycles. The number of imide groups is 1. The van der Waals surface area contributed by atoms with Crippen molar-refractivity contribution in [2.24, 2.45) is 0 Å². The molecular formula is C16H18BrNO5S. The highest BCUT2D eigenvalue weighted by molar-refractivity contribution is 9.58. The van der Waals surface area contributed by atoms with E-state index in [1.165, 1.54) is 19.2 Å². The number of halogens is 1. The summed E-state index contributed by atoms with van der Waals surface area (Å²) in [4.78, 5) is 50.4. The summed E-state index contributed by atoms with van der Waals surface area (Å²) in [7, 11) is -0.181. The summed E-state index contributed by atoms with van der Waals surface area (Å²) < 4.78 is 4.62. The van der Waals surface area contributed by atoms with Gasteiger partial charge in [-0.2, -0.15) is 8.46 Å². The molecule has 2 amide bonds. The Hall–Kier alpha value is -1.67. The van der Waals surface area contributed by atoms with Gasteiger partial charge in [-0.1, -0.05) is 12.1 Å². The Labute approximate surface area is 149 Å². The van der Waals surface area contributed by atoms with Crippen LogP contribution in [-0.4, -0.2) is 59.9 Å². The molecule has 1 aliphatic rings. The first-order valence-electron chi connectivity index (χ1n) is 7.13. The number of fused-ring (bicyclic) bond motifs is 1. The molecule has 8 heteroatoms. The standard InChI is InChI=1S/C16H18BrNO5S/c1-23-14(20)8-12(13(19)9-24(2,3)17)18-15(21)10-6-4-5-7-11(10)16(18)22/h4-7,12H,8-9H2,1-3H3. The third kappa shape index (κ3) is 3.87. The van der Waals surface area contributed by atoms with Gasteiger partial charge in [-0.25, -0.2) is 0 Å². The largest absolute Gasteiger partial charge is 0.469 e. The Kier molecular flexibility index (Phi) is 5.49. The van der Waals surface area contributed by atoms with Crippen molar-refractivity contribution >= 4 is 46.8 Å². The van der Waals surface area contributed by atoms with E-state index in [1.807, 2.05) is 12.5 Å². The highest BCUT2D eigenvalue weighted by atomic mass is 79.9. The first-order valence-corrected chi connectivity index (χ1v) is 11.6. The van der Waals surface area contributed by atoms with Gasteiger partial charge in [0.25, 0.3) is 11.8 Å². The van der Waals surface area contributed by atoms with E-state index in [2.05, 4.69) is 19.5 Å². The number of carbonyl (C=O) groups is 4. The maximum absolute atomic E-state index is 12.7. The number of amides is 2. The number of nitrogens with zero attached hydrogens (tertiary/aromatic N) is 1. The van der Waals surface area contributed by atoms with Crippen molar-refractivity contribution in [3.05, 3.63) is 35.4 Å². The molecule has 0 aromatic heterocycles. The normalized spacial score (nSPS) is 15.9. The quantitative estimate of drug-likeness (QED) is 0.525. The van der Waals surface area contributed by atoms with Crippen LogP contribution >= 0.6 is 23.3 Å². The number of Topliss-reactive ketones (excluding diaryl/α,β-unsaturated/α-hetero) is 1. The molecule has 0 radical (unpaired) electrons. The molecule has 2 rings (SSSR count). The Morgan fingerprint density at radius 2 is 1.67 bits per heavy atom. The first kappa shape index (κ1) is 18.7. The number of ether oxygens (including phenoxy) is 1. The summed E-state index contributed by atoms with van der Waals surface area (Å²) in [6.45, 7) is 0. The lowest BCUT2D eigenvalue weighted by Gasteiger charge is -2.28. The lowest BCUT2D eigenvalue weighted by Crippen LogP contribution is -2.47. The molecular weight excluding hydrogens is 398 g/mol. The molecule has 130 valence electrons. The van der Waals surface area contributed by atoms with Gasteiger partial charge < -0.3 is 4.74 Å². The highest BCUT2D eigenvalue weighted by Crippen LogP contribution is 2.48. The number of rotatable bonds is 6. The number of hydrogen-bond acceptors (Lipinski definition) is 5. The van der Waals surface area contributed by atoms with Gasteiger partial charge >= 0.3 is 5.97 Å². The molecule has 1 atom stereocenters. The SMILES string of the molecule is COC(=O)CC(C(=O)CS(C)(C)Br)N1C(=O)c2ccccc2C1=O. The Morgan fingerprint density at radius 1 is 1.17 bits per heavy atom. The molecule has 1 aromatic carbocycles. The zero-order valence-electron chi connectivity index (χ0n) is 13.6. The van der Waals surface area contributed by atoms with Crippen molar-refractivity contribution < 1.29 is 23.9 Å². The van der Waals surface area contributed by atoms with Crippen LogP contribution in [0, 0.1) is 0 Å². The average molecular weight is 416 g/mol. The molecule has 0 bridgehead atoms. The first-order chi connectivity index (χ1) is 11.2. The molecule has 0 spiro atoms. The minimum atomic E-state index is -1.38. The Balaban J connectivity index is 2.38. The third-order valence-corrected chi connectivity index (χ3v) is 5.24. The van der Waals surface area contributed by atoms with Crippen LogP contribution in [0.15, 0.2) is 24.3 Å². The highest BCUT2D eigenvalue weighted by Gasteiger charge is 2.43. The number of methoxy groups -OCH3 is 1. The van der Waals surface area contributed by atoms with Gasteiger partial charge in [-0.05, 0) is 39.5 Å². The molecule has 6 nitrogen and oxygen atoms in total. The van der Waals surface area contributed by atoms with E-state index in [4.69, 9.17) is 0 Å². The van der Waals surface area contributed by atoms with E-state index in [0.29, 0.717) is 0 Å². The fourth-order valence-corrected chi connectivity index (χ4v) is 4.06. The average Bonchev–Trinajstić information content (AvgIpc) is 2.75. The van der Waals surface area contributed by atoms with Gasteiger partial charge in [0.15, 0.2) is 5.78 Å². The minimum Gasteiger partial charge on any atom is -0.469 e.